The number of carbonyl (C=O) groups is 2. The molecule has 3 aliphatic heterocycles. The third-order valence-electron chi connectivity index (χ3n) is 7.14. The maximum Gasteiger partial charge on any atom is 0.251 e. The Morgan fingerprint density at radius 3 is 2.70 bits per heavy atom. The fourth-order valence-corrected chi connectivity index (χ4v) is 5.66. The number of halogens is 1. The molecule has 0 aromatic heterocycles. The highest BCUT2D eigenvalue weighted by Gasteiger charge is 2.43. The van der Waals surface area contributed by atoms with Crippen molar-refractivity contribution in [3.8, 4) is 11.5 Å². The molecule has 2 aromatic rings. The van der Waals surface area contributed by atoms with Gasteiger partial charge in [-0.3, -0.25) is 19.9 Å². The zero-order valence-corrected chi connectivity index (χ0v) is 22.0. The van der Waals surface area contributed by atoms with Gasteiger partial charge in [0.05, 0.1) is 18.7 Å². The van der Waals surface area contributed by atoms with Crippen LogP contribution in [0.1, 0.15) is 72.7 Å². The lowest BCUT2D eigenvalue weighted by atomic mass is 9.86. The second kappa shape index (κ2) is 8.92. The maximum atomic E-state index is 13.5. The number of ether oxygens (including phenoxy) is 2. The normalized spacial score (nSPS) is 26.3. The highest BCUT2D eigenvalue weighted by molar-refractivity contribution is 6.30. The van der Waals surface area contributed by atoms with E-state index in [1.54, 1.807) is 37.3 Å². The standard InChI is InChI=1S/C27H31ClN4O5/c1-14-9-16(28)11-18-22(14)37-13-27(4,35)23(18)30-24(34)15-5-6-20-17(10-15)19(7-8-36-20)32-21(33)12-26(2,3)31-25(32)29/h5-6,9-11,19,23,35H,7-8,12-13H2,1-4H3,(H2,29,31)(H,30,34)/t19-,23-,27-/m1/s1. The fraction of sp³-hybridized carbons (Fsp3) is 0.444. The van der Waals surface area contributed by atoms with E-state index in [1.807, 2.05) is 20.8 Å². The molecule has 0 spiro atoms. The molecule has 0 bridgehead atoms. The molecule has 1 fully saturated rings. The van der Waals surface area contributed by atoms with E-state index < -0.39 is 29.1 Å². The topological polar surface area (TPSA) is 124 Å². The molecule has 0 aliphatic carbocycles. The van der Waals surface area contributed by atoms with E-state index in [0.717, 1.165) is 5.56 Å². The van der Waals surface area contributed by atoms with Crippen LogP contribution in [0.5, 0.6) is 11.5 Å². The van der Waals surface area contributed by atoms with Crippen molar-refractivity contribution in [1.29, 1.82) is 5.41 Å². The summed E-state index contributed by atoms with van der Waals surface area (Å²) in [6.45, 7) is 7.64. The minimum Gasteiger partial charge on any atom is -0.493 e. The first-order valence-corrected chi connectivity index (χ1v) is 12.7. The van der Waals surface area contributed by atoms with Crippen LogP contribution in [0.3, 0.4) is 0 Å². The van der Waals surface area contributed by atoms with Crippen LogP contribution in [-0.2, 0) is 4.79 Å². The molecule has 2 aromatic carbocycles. The molecule has 10 heteroatoms. The molecule has 0 radical (unpaired) electrons. The molecule has 1 saturated heterocycles. The molecule has 3 heterocycles. The highest BCUT2D eigenvalue weighted by atomic mass is 35.5. The largest absolute Gasteiger partial charge is 0.493 e. The molecule has 196 valence electrons. The van der Waals surface area contributed by atoms with Crippen molar-refractivity contribution >= 4 is 29.4 Å². The lowest BCUT2D eigenvalue weighted by Crippen LogP contribution is -2.60. The lowest BCUT2D eigenvalue weighted by Gasteiger charge is -2.43. The number of benzene rings is 2. The Kier molecular flexibility index (Phi) is 6.11. The van der Waals surface area contributed by atoms with Gasteiger partial charge in [0, 0.05) is 40.1 Å². The molecule has 4 N–H and O–H groups in total. The van der Waals surface area contributed by atoms with Gasteiger partial charge < -0.3 is 25.2 Å². The van der Waals surface area contributed by atoms with Gasteiger partial charge in [-0.25, -0.2) is 0 Å². The zero-order valence-electron chi connectivity index (χ0n) is 21.3. The van der Waals surface area contributed by atoms with Crippen molar-refractivity contribution in [2.45, 2.75) is 63.8 Å². The fourth-order valence-electron chi connectivity index (χ4n) is 5.38. The Morgan fingerprint density at radius 1 is 1.22 bits per heavy atom. The summed E-state index contributed by atoms with van der Waals surface area (Å²) in [4.78, 5) is 28.0. The van der Waals surface area contributed by atoms with Crippen molar-refractivity contribution in [2.24, 2.45) is 0 Å². The number of nitrogens with one attached hydrogen (secondary N) is 3. The molecule has 3 atom stereocenters. The van der Waals surface area contributed by atoms with Crippen LogP contribution >= 0.6 is 11.6 Å². The van der Waals surface area contributed by atoms with Gasteiger partial charge >= 0.3 is 0 Å². The van der Waals surface area contributed by atoms with Crippen LogP contribution in [0.15, 0.2) is 30.3 Å². The van der Waals surface area contributed by atoms with E-state index >= 15 is 0 Å². The molecular formula is C27H31ClN4O5. The quantitative estimate of drug-likeness (QED) is 0.484. The molecule has 0 unspecified atom stereocenters. The predicted molar refractivity (Wildman–Crippen MR) is 138 cm³/mol. The van der Waals surface area contributed by atoms with Crippen LogP contribution in [0, 0.1) is 12.3 Å². The second-order valence-corrected chi connectivity index (χ2v) is 11.3. The van der Waals surface area contributed by atoms with E-state index in [0.29, 0.717) is 46.2 Å². The summed E-state index contributed by atoms with van der Waals surface area (Å²) in [7, 11) is 0. The number of rotatable bonds is 3. The van der Waals surface area contributed by atoms with Gasteiger partial charge in [0.15, 0.2) is 5.96 Å². The number of fused-ring (bicyclic) bond motifs is 2. The van der Waals surface area contributed by atoms with Gasteiger partial charge in [0.1, 0.15) is 23.7 Å². The summed E-state index contributed by atoms with van der Waals surface area (Å²) >= 11 is 6.29. The number of hydrogen-bond donors (Lipinski definition) is 4. The average Bonchev–Trinajstić information content (AvgIpc) is 2.79. The average molecular weight is 527 g/mol. The van der Waals surface area contributed by atoms with Gasteiger partial charge in [0.2, 0.25) is 5.91 Å². The predicted octanol–water partition coefficient (Wildman–Crippen LogP) is 3.62. The molecule has 2 amide bonds. The minimum absolute atomic E-state index is 0.00997. The zero-order chi connectivity index (χ0) is 26.7. The van der Waals surface area contributed by atoms with Gasteiger partial charge in [0.25, 0.3) is 5.91 Å². The second-order valence-electron chi connectivity index (χ2n) is 10.9. The molecular weight excluding hydrogens is 496 g/mol. The molecule has 37 heavy (non-hydrogen) atoms. The van der Waals surface area contributed by atoms with Gasteiger partial charge in [-0.2, -0.15) is 0 Å². The maximum absolute atomic E-state index is 13.5. The Bertz CT molecular complexity index is 1290. The first-order chi connectivity index (χ1) is 17.4. The Balaban J connectivity index is 1.46. The van der Waals surface area contributed by atoms with Crippen LogP contribution in [0.2, 0.25) is 5.02 Å². The van der Waals surface area contributed by atoms with E-state index in [2.05, 4.69) is 10.6 Å². The first-order valence-electron chi connectivity index (χ1n) is 12.3. The number of aryl methyl sites for hydroxylation is 1. The van der Waals surface area contributed by atoms with E-state index in [-0.39, 0.29) is 24.9 Å². The number of hydrogen-bond acceptors (Lipinski definition) is 6. The van der Waals surface area contributed by atoms with Crippen molar-refractivity contribution < 1.29 is 24.2 Å². The summed E-state index contributed by atoms with van der Waals surface area (Å²) < 4.78 is 11.6. The number of carbonyl (C=O) groups excluding carboxylic acids is 2. The SMILES string of the molecule is Cc1cc(Cl)cc2c1OC[C@@](C)(O)[C@@H]2NC(=O)c1ccc2c(c1)[C@H](N1C(=N)NC(C)(C)CC1=O)CCO2. The molecule has 3 aliphatic rings. The minimum atomic E-state index is -1.37. The van der Waals surface area contributed by atoms with Crippen LogP contribution in [-0.4, -0.2) is 52.1 Å². The van der Waals surface area contributed by atoms with Gasteiger partial charge in [-0.15, -0.1) is 0 Å². The van der Waals surface area contributed by atoms with Crippen molar-refractivity contribution in [3.05, 3.63) is 57.6 Å². The number of nitrogens with zero attached hydrogens (tertiary/aromatic N) is 1. The van der Waals surface area contributed by atoms with E-state index in [9.17, 15) is 14.7 Å². The third-order valence-corrected chi connectivity index (χ3v) is 7.35. The molecule has 5 rings (SSSR count). The Hall–Kier alpha value is -3.30. The number of amides is 2. The van der Waals surface area contributed by atoms with Crippen LogP contribution < -0.4 is 20.1 Å². The van der Waals surface area contributed by atoms with Crippen molar-refractivity contribution in [2.75, 3.05) is 13.2 Å². The van der Waals surface area contributed by atoms with Crippen LogP contribution in [0.4, 0.5) is 0 Å². The summed E-state index contributed by atoms with van der Waals surface area (Å²) in [5.41, 5.74) is 0.565. The van der Waals surface area contributed by atoms with Gasteiger partial charge in [-0.1, -0.05) is 11.6 Å². The third kappa shape index (κ3) is 4.62. The Morgan fingerprint density at radius 2 is 1.97 bits per heavy atom. The van der Waals surface area contributed by atoms with Crippen molar-refractivity contribution in [1.82, 2.24) is 15.5 Å². The van der Waals surface area contributed by atoms with E-state index in [1.165, 1.54) is 4.90 Å². The monoisotopic (exact) mass is 526 g/mol. The summed E-state index contributed by atoms with van der Waals surface area (Å²) in [5, 5.41) is 26.1. The highest BCUT2D eigenvalue weighted by Crippen LogP contribution is 2.42. The smallest absolute Gasteiger partial charge is 0.251 e. The van der Waals surface area contributed by atoms with E-state index in [4.69, 9.17) is 26.5 Å². The molecule has 9 nitrogen and oxygen atoms in total. The summed E-state index contributed by atoms with van der Waals surface area (Å²) in [5.74, 6) is 0.656. The van der Waals surface area contributed by atoms with Crippen LogP contribution in [0.25, 0.3) is 0 Å². The van der Waals surface area contributed by atoms with Gasteiger partial charge in [-0.05, 0) is 63.6 Å². The Labute approximate surface area is 220 Å². The summed E-state index contributed by atoms with van der Waals surface area (Å²) in [6.07, 6.45) is 0.747. The van der Waals surface area contributed by atoms with Crippen molar-refractivity contribution in [3.63, 3.8) is 0 Å². The lowest BCUT2D eigenvalue weighted by molar-refractivity contribution is -0.132. The number of guanidine groups is 1. The molecule has 0 saturated carbocycles. The summed E-state index contributed by atoms with van der Waals surface area (Å²) in [6, 6.07) is 7.34. The number of aliphatic hydroxyl groups is 1. The first kappa shape index (κ1) is 25.4.